The van der Waals surface area contributed by atoms with Crippen molar-refractivity contribution in [2.45, 2.75) is 39.5 Å². The molecule has 0 saturated heterocycles. The third-order valence-corrected chi connectivity index (χ3v) is 2.53. The molecule has 88 valence electrons. The van der Waals surface area contributed by atoms with Gasteiger partial charge in [0, 0.05) is 5.69 Å². The highest BCUT2D eigenvalue weighted by molar-refractivity contribution is 5.84. The highest BCUT2D eigenvalue weighted by Gasteiger charge is 2.08. The van der Waals surface area contributed by atoms with E-state index in [1.54, 1.807) is 0 Å². The van der Waals surface area contributed by atoms with Crippen LogP contribution in [0.4, 0.5) is 10.5 Å². The molecule has 0 aliphatic rings. The Hall–Kier alpha value is -1.51. The standard InChI is InChI=1S/C13H19NO2/c1-3-6-10-8-5-9-12(14-13(15)16)11(10)7-4-2/h5,8-9,14H,3-4,6-7H2,1-2H3,(H,15,16). The summed E-state index contributed by atoms with van der Waals surface area (Å²) in [6.45, 7) is 4.24. The second kappa shape index (κ2) is 6.16. The van der Waals surface area contributed by atoms with Gasteiger partial charge in [-0.15, -0.1) is 0 Å². The van der Waals surface area contributed by atoms with Crippen molar-refractivity contribution in [2.24, 2.45) is 0 Å². The molecule has 0 saturated carbocycles. The minimum atomic E-state index is -0.994. The SMILES string of the molecule is CCCc1cccc(NC(=O)O)c1CCC. The molecular weight excluding hydrogens is 202 g/mol. The molecule has 0 fully saturated rings. The van der Waals surface area contributed by atoms with E-state index < -0.39 is 6.09 Å². The van der Waals surface area contributed by atoms with Gasteiger partial charge in [0.05, 0.1) is 0 Å². The maximum Gasteiger partial charge on any atom is 0.409 e. The van der Waals surface area contributed by atoms with Crippen LogP contribution in [0.3, 0.4) is 0 Å². The first-order chi connectivity index (χ1) is 7.69. The monoisotopic (exact) mass is 221 g/mol. The van der Waals surface area contributed by atoms with Crippen molar-refractivity contribution >= 4 is 11.8 Å². The summed E-state index contributed by atoms with van der Waals surface area (Å²) in [4.78, 5) is 10.7. The number of nitrogens with one attached hydrogen (secondary N) is 1. The van der Waals surface area contributed by atoms with E-state index in [1.165, 1.54) is 5.56 Å². The van der Waals surface area contributed by atoms with Crippen LogP contribution in [0.25, 0.3) is 0 Å². The van der Waals surface area contributed by atoms with Gasteiger partial charge in [-0.25, -0.2) is 4.79 Å². The Bertz CT molecular complexity index is 361. The van der Waals surface area contributed by atoms with Gasteiger partial charge in [0.2, 0.25) is 0 Å². The minimum absolute atomic E-state index is 0.736. The Morgan fingerprint density at radius 2 is 1.94 bits per heavy atom. The average molecular weight is 221 g/mol. The fraction of sp³-hybridized carbons (Fsp3) is 0.462. The predicted octanol–water partition coefficient (Wildman–Crippen LogP) is 3.68. The van der Waals surface area contributed by atoms with Crippen molar-refractivity contribution in [2.75, 3.05) is 5.32 Å². The van der Waals surface area contributed by atoms with E-state index in [9.17, 15) is 4.79 Å². The number of anilines is 1. The molecular formula is C13H19NO2. The highest BCUT2D eigenvalue weighted by atomic mass is 16.4. The van der Waals surface area contributed by atoms with Crippen molar-refractivity contribution in [1.82, 2.24) is 0 Å². The molecule has 1 amide bonds. The smallest absolute Gasteiger partial charge is 0.409 e. The van der Waals surface area contributed by atoms with E-state index in [2.05, 4.69) is 25.2 Å². The van der Waals surface area contributed by atoms with Gasteiger partial charge in [-0.1, -0.05) is 38.8 Å². The predicted molar refractivity (Wildman–Crippen MR) is 66.1 cm³/mol. The first kappa shape index (κ1) is 12.6. The lowest BCUT2D eigenvalue weighted by molar-refractivity contribution is 0.209. The van der Waals surface area contributed by atoms with Crippen LogP contribution in [-0.2, 0) is 12.8 Å². The lowest BCUT2D eigenvalue weighted by Crippen LogP contribution is -2.10. The molecule has 1 rings (SSSR count). The Labute approximate surface area is 96.5 Å². The fourth-order valence-electron chi connectivity index (χ4n) is 1.92. The summed E-state index contributed by atoms with van der Waals surface area (Å²) in [5.74, 6) is 0. The van der Waals surface area contributed by atoms with E-state index in [0.717, 1.165) is 36.9 Å². The molecule has 0 atom stereocenters. The van der Waals surface area contributed by atoms with E-state index >= 15 is 0 Å². The second-order valence-electron chi connectivity index (χ2n) is 3.87. The number of benzene rings is 1. The second-order valence-corrected chi connectivity index (χ2v) is 3.87. The molecule has 0 aliphatic carbocycles. The van der Waals surface area contributed by atoms with Crippen LogP contribution in [-0.4, -0.2) is 11.2 Å². The van der Waals surface area contributed by atoms with Crippen molar-refractivity contribution < 1.29 is 9.90 Å². The average Bonchev–Trinajstić information content (AvgIpc) is 2.22. The topological polar surface area (TPSA) is 49.3 Å². The number of carbonyl (C=O) groups is 1. The summed E-state index contributed by atoms with van der Waals surface area (Å²) >= 11 is 0. The lowest BCUT2D eigenvalue weighted by Gasteiger charge is -2.13. The molecule has 0 heterocycles. The van der Waals surface area contributed by atoms with Crippen molar-refractivity contribution in [1.29, 1.82) is 0 Å². The molecule has 0 unspecified atom stereocenters. The van der Waals surface area contributed by atoms with Crippen LogP contribution in [0.15, 0.2) is 18.2 Å². The van der Waals surface area contributed by atoms with Gasteiger partial charge in [-0.05, 0) is 30.0 Å². The zero-order valence-electron chi connectivity index (χ0n) is 9.92. The number of hydrogen-bond donors (Lipinski definition) is 2. The summed E-state index contributed by atoms with van der Waals surface area (Å²) in [6.07, 6.45) is 3.03. The van der Waals surface area contributed by atoms with Gasteiger partial charge < -0.3 is 5.11 Å². The van der Waals surface area contributed by atoms with E-state index in [-0.39, 0.29) is 0 Å². The molecule has 2 N–H and O–H groups in total. The first-order valence-electron chi connectivity index (χ1n) is 5.79. The van der Waals surface area contributed by atoms with Crippen LogP contribution >= 0.6 is 0 Å². The Kier molecular flexibility index (Phi) is 4.83. The van der Waals surface area contributed by atoms with Crippen LogP contribution in [0, 0.1) is 0 Å². The maximum absolute atomic E-state index is 10.7. The fourth-order valence-corrected chi connectivity index (χ4v) is 1.92. The number of carboxylic acid groups (broad SMARTS) is 1. The zero-order chi connectivity index (χ0) is 12.0. The van der Waals surface area contributed by atoms with Gasteiger partial charge in [0.15, 0.2) is 0 Å². The van der Waals surface area contributed by atoms with Crippen molar-refractivity contribution in [3.63, 3.8) is 0 Å². The van der Waals surface area contributed by atoms with E-state index in [1.807, 2.05) is 12.1 Å². The Morgan fingerprint density at radius 3 is 2.50 bits per heavy atom. The summed E-state index contributed by atoms with van der Waals surface area (Å²) in [5.41, 5.74) is 3.14. The Balaban J connectivity index is 3.04. The van der Waals surface area contributed by atoms with Gasteiger partial charge in [-0.3, -0.25) is 5.32 Å². The summed E-state index contributed by atoms with van der Waals surface area (Å²) in [6, 6.07) is 5.83. The van der Waals surface area contributed by atoms with E-state index in [0.29, 0.717) is 0 Å². The van der Waals surface area contributed by atoms with Gasteiger partial charge in [0.25, 0.3) is 0 Å². The van der Waals surface area contributed by atoms with Gasteiger partial charge >= 0.3 is 6.09 Å². The molecule has 0 radical (unpaired) electrons. The summed E-state index contributed by atoms with van der Waals surface area (Å²) in [7, 11) is 0. The summed E-state index contributed by atoms with van der Waals surface area (Å²) in [5, 5.41) is 11.2. The molecule has 1 aromatic carbocycles. The normalized spacial score (nSPS) is 10.1. The van der Waals surface area contributed by atoms with Crippen LogP contribution in [0.5, 0.6) is 0 Å². The molecule has 0 aliphatic heterocycles. The zero-order valence-corrected chi connectivity index (χ0v) is 9.92. The Morgan fingerprint density at radius 1 is 1.25 bits per heavy atom. The number of aryl methyl sites for hydroxylation is 1. The van der Waals surface area contributed by atoms with Crippen LogP contribution in [0.2, 0.25) is 0 Å². The first-order valence-corrected chi connectivity index (χ1v) is 5.79. The van der Waals surface area contributed by atoms with Crippen molar-refractivity contribution in [3.8, 4) is 0 Å². The maximum atomic E-state index is 10.7. The highest BCUT2D eigenvalue weighted by Crippen LogP contribution is 2.23. The molecule has 3 nitrogen and oxygen atoms in total. The van der Waals surface area contributed by atoms with E-state index in [4.69, 9.17) is 5.11 Å². The quantitative estimate of drug-likeness (QED) is 0.796. The molecule has 0 aromatic heterocycles. The molecule has 1 aromatic rings. The number of amides is 1. The van der Waals surface area contributed by atoms with Crippen molar-refractivity contribution in [3.05, 3.63) is 29.3 Å². The largest absolute Gasteiger partial charge is 0.465 e. The minimum Gasteiger partial charge on any atom is -0.465 e. The molecule has 0 spiro atoms. The van der Waals surface area contributed by atoms with Crippen LogP contribution in [0.1, 0.15) is 37.8 Å². The third kappa shape index (κ3) is 3.26. The van der Waals surface area contributed by atoms with Crippen LogP contribution < -0.4 is 5.32 Å². The third-order valence-electron chi connectivity index (χ3n) is 2.53. The molecule has 0 bridgehead atoms. The lowest BCUT2D eigenvalue weighted by atomic mass is 9.98. The summed E-state index contributed by atoms with van der Waals surface area (Å²) < 4.78 is 0. The molecule has 3 heteroatoms. The van der Waals surface area contributed by atoms with Gasteiger partial charge in [-0.2, -0.15) is 0 Å². The van der Waals surface area contributed by atoms with Gasteiger partial charge in [0.1, 0.15) is 0 Å². The number of hydrogen-bond acceptors (Lipinski definition) is 1. The number of rotatable bonds is 5. The molecule has 16 heavy (non-hydrogen) atoms.